The van der Waals surface area contributed by atoms with Gasteiger partial charge in [0.15, 0.2) is 0 Å². The highest BCUT2D eigenvalue weighted by Gasteiger charge is 2.80. The number of carbonyl (C=O) groups is 3. The van der Waals surface area contributed by atoms with E-state index < -0.39 is 35.1 Å². The van der Waals surface area contributed by atoms with Crippen LogP contribution < -0.4 is 10.6 Å². The van der Waals surface area contributed by atoms with Crippen LogP contribution in [0, 0.1) is 17.8 Å². The lowest BCUT2D eigenvalue weighted by Gasteiger charge is -2.37. The molecular weight excluding hydrogens is 494 g/mol. The molecule has 2 aromatic rings. The zero-order valence-corrected chi connectivity index (χ0v) is 23.1. The average Bonchev–Trinajstić information content (AvgIpc) is 3.43. The summed E-state index contributed by atoms with van der Waals surface area (Å²) in [5, 5.41) is 16.7. The molecule has 1 spiro atoms. The largest absolute Gasteiger partial charge is 0.394 e. The molecule has 2 aromatic carbocycles. The molecule has 3 aliphatic rings. The van der Waals surface area contributed by atoms with Crippen LogP contribution in [0.1, 0.15) is 58.6 Å². The number of hydrogen-bond acceptors (Lipinski definition) is 5. The molecule has 3 amide bonds. The van der Waals surface area contributed by atoms with Crippen molar-refractivity contribution in [2.45, 2.75) is 76.3 Å². The summed E-state index contributed by atoms with van der Waals surface area (Å²) in [6, 6.07) is 16.6. The Balaban J connectivity index is 1.59. The van der Waals surface area contributed by atoms with E-state index in [-0.39, 0.29) is 36.3 Å². The summed E-state index contributed by atoms with van der Waals surface area (Å²) in [7, 11) is 0. The van der Waals surface area contributed by atoms with E-state index in [2.05, 4.69) is 17.6 Å². The van der Waals surface area contributed by atoms with Crippen molar-refractivity contribution in [2.24, 2.45) is 17.8 Å². The van der Waals surface area contributed by atoms with Gasteiger partial charge in [-0.2, -0.15) is 0 Å². The first-order valence-electron chi connectivity index (χ1n) is 14.0. The topological polar surface area (TPSA) is 108 Å². The number of likely N-dealkylation sites (tertiary alicyclic amines) is 1. The van der Waals surface area contributed by atoms with Gasteiger partial charge in [-0.1, -0.05) is 68.8 Å². The number of aliphatic hydroxyl groups is 1. The summed E-state index contributed by atoms with van der Waals surface area (Å²) >= 11 is 0. The number of aliphatic hydroxyl groups excluding tert-OH is 1. The van der Waals surface area contributed by atoms with Gasteiger partial charge in [0.25, 0.3) is 0 Å². The van der Waals surface area contributed by atoms with E-state index in [4.69, 9.17) is 4.74 Å². The molecule has 3 N–H and O–H groups in total. The predicted molar refractivity (Wildman–Crippen MR) is 147 cm³/mol. The zero-order valence-electron chi connectivity index (χ0n) is 23.1. The number of carbonyl (C=O) groups excluding carboxylic acids is 3. The maximum absolute atomic E-state index is 14.5. The number of hydrogen-bond donors (Lipinski definition) is 3. The minimum atomic E-state index is -1.18. The van der Waals surface area contributed by atoms with E-state index in [1.54, 1.807) is 12.1 Å². The Bertz CT molecular complexity index is 1220. The predicted octanol–water partition coefficient (Wildman–Crippen LogP) is 3.67. The maximum atomic E-state index is 14.5. The van der Waals surface area contributed by atoms with Crippen molar-refractivity contribution in [1.29, 1.82) is 0 Å². The van der Waals surface area contributed by atoms with E-state index in [0.29, 0.717) is 12.1 Å². The number of fused-ring (bicyclic) bond motifs is 1. The van der Waals surface area contributed by atoms with Crippen molar-refractivity contribution in [3.63, 3.8) is 0 Å². The van der Waals surface area contributed by atoms with Crippen molar-refractivity contribution in [3.8, 4) is 0 Å². The molecule has 0 radical (unpaired) electrons. The van der Waals surface area contributed by atoms with Gasteiger partial charge in [0.2, 0.25) is 17.7 Å². The van der Waals surface area contributed by atoms with Gasteiger partial charge in [-0.05, 0) is 50.3 Å². The van der Waals surface area contributed by atoms with Crippen molar-refractivity contribution in [2.75, 3.05) is 11.9 Å². The van der Waals surface area contributed by atoms with E-state index >= 15 is 0 Å². The lowest BCUT2D eigenvalue weighted by Crippen LogP contribution is -2.57. The minimum absolute atomic E-state index is 0.0688. The van der Waals surface area contributed by atoms with Gasteiger partial charge in [0.05, 0.1) is 30.1 Å². The van der Waals surface area contributed by atoms with E-state index in [1.807, 2.05) is 69.3 Å². The van der Waals surface area contributed by atoms with Crippen LogP contribution >= 0.6 is 0 Å². The Kier molecular flexibility index (Phi) is 7.29. The van der Waals surface area contributed by atoms with Crippen molar-refractivity contribution >= 4 is 23.4 Å². The molecule has 2 bridgehead atoms. The molecule has 8 heteroatoms. The smallest absolute Gasteiger partial charge is 0.246 e. The second-order valence-corrected chi connectivity index (χ2v) is 11.6. The highest BCUT2D eigenvalue weighted by Crippen LogP contribution is 2.66. The first-order chi connectivity index (χ1) is 18.7. The quantitative estimate of drug-likeness (QED) is 0.456. The third kappa shape index (κ3) is 4.34. The highest BCUT2D eigenvalue weighted by molar-refractivity contribution is 6.02. The van der Waals surface area contributed by atoms with Gasteiger partial charge >= 0.3 is 0 Å². The lowest BCUT2D eigenvalue weighted by atomic mass is 9.62. The molecule has 4 unspecified atom stereocenters. The standard InChI is InChI=1S/C31H39N3O5/c1-5-12-20(3)32-28(37)26-31-17-19(2)30(4,39-31)24(27(36)33-22-15-10-7-11-16-22)25(31)29(38)34(26)23(18-35)21-13-8-6-9-14-21/h6-11,13-16,19-20,23-26,35H,5,12,17-18H2,1-4H3,(H,32,37)(H,33,36)/t19?,20?,23-,24-,25+,26?,30+,31?/m1/s1. The molecule has 3 heterocycles. The van der Waals surface area contributed by atoms with Gasteiger partial charge in [0.1, 0.15) is 11.6 Å². The van der Waals surface area contributed by atoms with Crippen molar-refractivity contribution in [1.82, 2.24) is 10.2 Å². The van der Waals surface area contributed by atoms with Gasteiger partial charge < -0.3 is 25.4 Å². The van der Waals surface area contributed by atoms with Crippen LogP contribution in [0.3, 0.4) is 0 Å². The van der Waals surface area contributed by atoms with Crippen LogP contribution in [0.15, 0.2) is 60.7 Å². The SMILES string of the molecule is CCCC(C)NC(=O)C1N([C@H](CO)c2ccccc2)C(=O)[C@@H]2[C@H](C(=O)Nc3ccccc3)[C@@]3(C)OC12CC3C. The van der Waals surface area contributed by atoms with Gasteiger partial charge in [-0.15, -0.1) is 0 Å². The average molecular weight is 534 g/mol. The van der Waals surface area contributed by atoms with Crippen LogP contribution in [-0.4, -0.2) is 57.6 Å². The summed E-state index contributed by atoms with van der Waals surface area (Å²) in [6.45, 7) is 7.56. The molecular formula is C31H39N3O5. The second kappa shape index (κ2) is 10.4. The van der Waals surface area contributed by atoms with Crippen LogP contribution in [0.2, 0.25) is 0 Å². The zero-order chi connectivity index (χ0) is 27.9. The normalized spacial score (nSPS) is 32.5. The Morgan fingerprint density at radius 1 is 1.10 bits per heavy atom. The van der Waals surface area contributed by atoms with E-state index in [0.717, 1.165) is 18.4 Å². The van der Waals surface area contributed by atoms with Gasteiger partial charge in [-0.25, -0.2) is 0 Å². The van der Waals surface area contributed by atoms with Crippen LogP contribution in [0.4, 0.5) is 5.69 Å². The van der Waals surface area contributed by atoms with Crippen molar-refractivity contribution in [3.05, 3.63) is 66.2 Å². The lowest BCUT2D eigenvalue weighted by molar-refractivity contribution is -0.150. The van der Waals surface area contributed by atoms with Crippen LogP contribution in [-0.2, 0) is 19.1 Å². The van der Waals surface area contributed by atoms with Crippen LogP contribution in [0.5, 0.6) is 0 Å². The Hall–Kier alpha value is -3.23. The number of ether oxygens (including phenoxy) is 1. The first-order valence-corrected chi connectivity index (χ1v) is 14.0. The van der Waals surface area contributed by atoms with E-state index in [1.165, 1.54) is 4.90 Å². The molecule has 0 aliphatic carbocycles. The molecule has 3 saturated heterocycles. The minimum Gasteiger partial charge on any atom is -0.394 e. The fraction of sp³-hybridized carbons (Fsp3) is 0.516. The Labute approximate surface area is 230 Å². The van der Waals surface area contributed by atoms with Crippen molar-refractivity contribution < 1.29 is 24.2 Å². The third-order valence-electron chi connectivity index (χ3n) is 9.13. The van der Waals surface area contributed by atoms with Crippen LogP contribution in [0.25, 0.3) is 0 Å². The third-order valence-corrected chi connectivity index (χ3v) is 9.13. The number of nitrogens with one attached hydrogen (secondary N) is 2. The maximum Gasteiger partial charge on any atom is 0.246 e. The number of para-hydroxylation sites is 1. The summed E-state index contributed by atoms with van der Waals surface area (Å²) < 4.78 is 6.80. The number of benzene rings is 2. The number of amides is 3. The molecule has 8 atom stereocenters. The molecule has 0 saturated carbocycles. The summed E-state index contributed by atoms with van der Waals surface area (Å²) in [5.41, 5.74) is -0.732. The van der Waals surface area contributed by atoms with Gasteiger partial charge in [0, 0.05) is 11.7 Å². The fourth-order valence-electron chi connectivity index (χ4n) is 7.31. The summed E-state index contributed by atoms with van der Waals surface area (Å²) in [4.78, 5) is 43.9. The first kappa shape index (κ1) is 27.3. The molecule has 3 aliphatic heterocycles. The van der Waals surface area contributed by atoms with E-state index in [9.17, 15) is 19.5 Å². The molecule has 3 fully saturated rings. The molecule has 5 rings (SSSR count). The molecule has 8 nitrogen and oxygen atoms in total. The Morgan fingerprint density at radius 3 is 2.36 bits per heavy atom. The molecule has 39 heavy (non-hydrogen) atoms. The fourth-order valence-corrected chi connectivity index (χ4v) is 7.31. The van der Waals surface area contributed by atoms with Gasteiger partial charge in [-0.3, -0.25) is 14.4 Å². The molecule has 208 valence electrons. The number of rotatable bonds is 9. The molecule has 0 aromatic heterocycles. The number of nitrogens with zero attached hydrogens (tertiary/aromatic N) is 1. The highest BCUT2D eigenvalue weighted by atomic mass is 16.5. The number of anilines is 1. The monoisotopic (exact) mass is 533 g/mol. The Morgan fingerprint density at radius 2 is 1.74 bits per heavy atom. The summed E-state index contributed by atoms with van der Waals surface area (Å²) in [6.07, 6.45) is 2.17. The summed E-state index contributed by atoms with van der Waals surface area (Å²) in [5.74, 6) is -2.64. The second-order valence-electron chi connectivity index (χ2n) is 11.6.